The molecule has 3 rings (SSSR count). The van der Waals surface area contributed by atoms with Crippen LogP contribution in [0.25, 0.3) is 10.9 Å². The van der Waals surface area contributed by atoms with E-state index in [0.29, 0.717) is 0 Å². The van der Waals surface area contributed by atoms with Gasteiger partial charge in [-0.2, -0.15) is 0 Å². The fraction of sp³-hybridized carbons (Fsp3) is 0.167. The van der Waals surface area contributed by atoms with Gasteiger partial charge in [-0.25, -0.2) is 0 Å². The highest BCUT2D eigenvalue weighted by Gasteiger charge is 2.21. The van der Waals surface area contributed by atoms with Crippen LogP contribution in [-0.2, 0) is 4.79 Å². The lowest BCUT2D eigenvalue weighted by molar-refractivity contribution is -0.137. The van der Waals surface area contributed by atoms with E-state index < -0.39 is 5.97 Å². The lowest BCUT2D eigenvalue weighted by atomic mass is 9.88. The molecule has 2 aromatic carbocycles. The van der Waals surface area contributed by atoms with Crippen molar-refractivity contribution in [1.82, 2.24) is 4.98 Å². The molecule has 0 saturated heterocycles. The van der Waals surface area contributed by atoms with Crippen LogP contribution < -0.4 is 4.74 Å². The molecule has 0 aliphatic heterocycles. The first-order valence-electron chi connectivity index (χ1n) is 7.11. The lowest BCUT2D eigenvalue weighted by Gasteiger charge is -2.15. The molecule has 22 heavy (non-hydrogen) atoms. The maximum absolute atomic E-state index is 11.3. The van der Waals surface area contributed by atoms with Crippen LogP contribution in [0.5, 0.6) is 5.75 Å². The van der Waals surface area contributed by atoms with Crippen molar-refractivity contribution in [2.45, 2.75) is 12.3 Å². The number of ether oxygens (including phenoxy) is 1. The number of para-hydroxylation sites is 1. The SMILES string of the molecule is COc1ccc([C@@H](CC(=O)O)c2c[nH]c3ccccc23)cc1. The Bertz CT molecular complexity index is 789. The highest BCUT2D eigenvalue weighted by Crippen LogP contribution is 2.34. The standard InChI is InChI=1S/C18H17NO3/c1-22-13-8-6-12(7-9-13)15(10-18(20)21)16-11-19-17-5-3-2-4-14(16)17/h2-9,11,15,19H,10H2,1H3,(H,20,21)/t15-/m1/s1. The number of hydrogen-bond acceptors (Lipinski definition) is 2. The summed E-state index contributed by atoms with van der Waals surface area (Å²) in [5, 5.41) is 10.3. The van der Waals surface area contributed by atoms with Gasteiger partial charge in [0.2, 0.25) is 0 Å². The molecule has 0 saturated carbocycles. The normalized spacial score (nSPS) is 12.2. The van der Waals surface area contributed by atoms with Gasteiger partial charge in [-0.3, -0.25) is 4.79 Å². The molecule has 112 valence electrons. The molecule has 0 radical (unpaired) electrons. The molecule has 0 spiro atoms. The molecule has 4 heteroatoms. The minimum absolute atomic E-state index is 0.0498. The molecule has 3 aromatic rings. The van der Waals surface area contributed by atoms with Crippen molar-refractivity contribution < 1.29 is 14.6 Å². The van der Waals surface area contributed by atoms with Crippen LogP contribution in [0.4, 0.5) is 0 Å². The summed E-state index contributed by atoms with van der Waals surface area (Å²) in [5.74, 6) is -0.248. The number of methoxy groups -OCH3 is 1. The Morgan fingerprint density at radius 1 is 1.18 bits per heavy atom. The van der Waals surface area contributed by atoms with E-state index in [1.807, 2.05) is 54.7 Å². The van der Waals surface area contributed by atoms with Crippen LogP contribution in [0.3, 0.4) is 0 Å². The minimum Gasteiger partial charge on any atom is -0.497 e. The first-order valence-corrected chi connectivity index (χ1v) is 7.11. The number of aromatic amines is 1. The second-order valence-corrected chi connectivity index (χ2v) is 5.21. The molecule has 4 nitrogen and oxygen atoms in total. The van der Waals surface area contributed by atoms with Gasteiger partial charge >= 0.3 is 5.97 Å². The zero-order valence-electron chi connectivity index (χ0n) is 12.2. The van der Waals surface area contributed by atoms with Crippen molar-refractivity contribution in [3.63, 3.8) is 0 Å². The van der Waals surface area contributed by atoms with Crippen LogP contribution in [0, 0.1) is 0 Å². The van der Waals surface area contributed by atoms with Gasteiger partial charge in [0, 0.05) is 23.0 Å². The fourth-order valence-electron chi connectivity index (χ4n) is 2.80. The number of fused-ring (bicyclic) bond motifs is 1. The van der Waals surface area contributed by atoms with Crippen molar-refractivity contribution in [3.8, 4) is 5.75 Å². The third kappa shape index (κ3) is 2.68. The predicted molar refractivity (Wildman–Crippen MR) is 85.4 cm³/mol. The van der Waals surface area contributed by atoms with Crippen molar-refractivity contribution in [2.75, 3.05) is 7.11 Å². The Morgan fingerprint density at radius 2 is 1.91 bits per heavy atom. The Hall–Kier alpha value is -2.75. The molecular weight excluding hydrogens is 278 g/mol. The van der Waals surface area contributed by atoms with Crippen LogP contribution in [0.1, 0.15) is 23.5 Å². The largest absolute Gasteiger partial charge is 0.497 e. The van der Waals surface area contributed by atoms with E-state index in [-0.39, 0.29) is 12.3 Å². The van der Waals surface area contributed by atoms with Gasteiger partial charge in [0.1, 0.15) is 5.75 Å². The zero-order valence-corrected chi connectivity index (χ0v) is 12.2. The molecule has 2 N–H and O–H groups in total. The molecule has 0 fully saturated rings. The maximum atomic E-state index is 11.3. The molecule has 0 aliphatic rings. The third-order valence-corrected chi connectivity index (χ3v) is 3.89. The van der Waals surface area contributed by atoms with E-state index in [1.165, 1.54) is 0 Å². The van der Waals surface area contributed by atoms with Crippen molar-refractivity contribution >= 4 is 16.9 Å². The van der Waals surface area contributed by atoms with Gasteiger partial charge in [-0.05, 0) is 29.3 Å². The molecule has 0 unspecified atom stereocenters. The summed E-state index contributed by atoms with van der Waals surface area (Å²) in [4.78, 5) is 14.5. The summed E-state index contributed by atoms with van der Waals surface area (Å²) >= 11 is 0. The van der Waals surface area contributed by atoms with Crippen molar-refractivity contribution in [3.05, 3.63) is 65.9 Å². The Morgan fingerprint density at radius 3 is 2.59 bits per heavy atom. The van der Waals surface area contributed by atoms with E-state index in [9.17, 15) is 9.90 Å². The number of benzene rings is 2. The molecule has 0 amide bonds. The minimum atomic E-state index is -0.814. The first kappa shape index (κ1) is 14.2. The highest BCUT2D eigenvalue weighted by atomic mass is 16.5. The van der Waals surface area contributed by atoms with E-state index in [0.717, 1.165) is 27.8 Å². The van der Waals surface area contributed by atoms with Gasteiger partial charge in [-0.15, -0.1) is 0 Å². The average molecular weight is 295 g/mol. The van der Waals surface area contributed by atoms with E-state index in [4.69, 9.17) is 4.74 Å². The average Bonchev–Trinajstić information content (AvgIpc) is 2.96. The number of nitrogens with one attached hydrogen (secondary N) is 1. The molecule has 0 bridgehead atoms. The predicted octanol–water partition coefficient (Wildman–Crippen LogP) is 3.78. The molecular formula is C18H17NO3. The van der Waals surface area contributed by atoms with E-state index in [2.05, 4.69) is 4.98 Å². The van der Waals surface area contributed by atoms with E-state index >= 15 is 0 Å². The number of carboxylic acid groups (broad SMARTS) is 1. The summed E-state index contributed by atoms with van der Waals surface area (Å²) in [6.45, 7) is 0. The second kappa shape index (κ2) is 5.93. The summed E-state index contributed by atoms with van der Waals surface area (Å²) in [7, 11) is 1.61. The molecule has 1 aromatic heterocycles. The highest BCUT2D eigenvalue weighted by molar-refractivity contribution is 5.85. The maximum Gasteiger partial charge on any atom is 0.304 e. The topological polar surface area (TPSA) is 62.3 Å². The van der Waals surface area contributed by atoms with Crippen LogP contribution in [0.2, 0.25) is 0 Å². The fourth-order valence-corrected chi connectivity index (χ4v) is 2.80. The Labute approximate surface area is 128 Å². The van der Waals surface area contributed by atoms with Gasteiger partial charge in [-0.1, -0.05) is 30.3 Å². The Balaban J connectivity index is 2.07. The van der Waals surface area contributed by atoms with Crippen LogP contribution in [0.15, 0.2) is 54.7 Å². The smallest absolute Gasteiger partial charge is 0.304 e. The number of hydrogen-bond donors (Lipinski definition) is 2. The number of rotatable bonds is 5. The molecule has 1 atom stereocenters. The summed E-state index contributed by atoms with van der Waals surface area (Å²) in [6, 6.07) is 15.5. The number of carboxylic acids is 1. The Kier molecular flexibility index (Phi) is 3.83. The summed E-state index contributed by atoms with van der Waals surface area (Å²) < 4.78 is 5.17. The number of aliphatic carboxylic acids is 1. The zero-order chi connectivity index (χ0) is 15.5. The van der Waals surface area contributed by atoms with Gasteiger partial charge in [0.05, 0.1) is 13.5 Å². The summed E-state index contributed by atoms with van der Waals surface area (Å²) in [5.41, 5.74) is 2.98. The quantitative estimate of drug-likeness (QED) is 0.753. The monoisotopic (exact) mass is 295 g/mol. The van der Waals surface area contributed by atoms with Crippen LogP contribution in [-0.4, -0.2) is 23.2 Å². The lowest BCUT2D eigenvalue weighted by Crippen LogP contribution is -2.07. The summed E-state index contributed by atoms with van der Waals surface area (Å²) in [6.07, 6.45) is 1.96. The molecule has 1 heterocycles. The number of aromatic nitrogens is 1. The van der Waals surface area contributed by atoms with Gasteiger partial charge in [0.25, 0.3) is 0 Å². The number of carbonyl (C=O) groups is 1. The number of H-pyrrole nitrogens is 1. The van der Waals surface area contributed by atoms with E-state index in [1.54, 1.807) is 7.11 Å². The third-order valence-electron chi connectivity index (χ3n) is 3.89. The van der Waals surface area contributed by atoms with Crippen LogP contribution >= 0.6 is 0 Å². The second-order valence-electron chi connectivity index (χ2n) is 5.21. The van der Waals surface area contributed by atoms with Gasteiger partial charge in [0.15, 0.2) is 0 Å². The first-order chi connectivity index (χ1) is 10.7. The van der Waals surface area contributed by atoms with Gasteiger partial charge < -0.3 is 14.8 Å². The van der Waals surface area contributed by atoms with Crippen molar-refractivity contribution in [1.29, 1.82) is 0 Å². The van der Waals surface area contributed by atoms with Crippen molar-refractivity contribution in [2.24, 2.45) is 0 Å². The molecule has 0 aliphatic carbocycles.